The molecule has 0 spiro atoms. The van der Waals surface area contributed by atoms with Crippen LogP contribution < -0.4 is 0 Å². The number of hydrogen-bond acceptors (Lipinski definition) is 2. The lowest BCUT2D eigenvalue weighted by Crippen LogP contribution is -2.09. The topological polar surface area (TPSA) is 52.5 Å². The number of aromatic amines is 1. The molecule has 1 aliphatic rings. The number of aryl methyl sites for hydroxylation is 2. The standard InChI is InChI=1S/C11H15N3/c1-2-9-11-8(6-7-12)4-3-5-10(11)14-13-9/h8H,2-6H2,1H3,(H,13,14). The molecule has 0 amide bonds. The average Bonchev–Trinajstić information content (AvgIpc) is 2.62. The molecule has 0 radical (unpaired) electrons. The first kappa shape index (κ1) is 9.26. The van der Waals surface area contributed by atoms with Crippen LogP contribution in [-0.4, -0.2) is 10.2 Å². The summed E-state index contributed by atoms with van der Waals surface area (Å²) in [6, 6.07) is 2.28. The molecule has 1 aliphatic carbocycles. The molecule has 74 valence electrons. The monoisotopic (exact) mass is 189 g/mol. The lowest BCUT2D eigenvalue weighted by Gasteiger charge is -2.20. The molecular formula is C11H15N3. The van der Waals surface area contributed by atoms with Crippen LogP contribution in [-0.2, 0) is 12.8 Å². The van der Waals surface area contributed by atoms with Crippen molar-refractivity contribution in [2.45, 2.75) is 44.9 Å². The second kappa shape index (κ2) is 3.83. The first-order chi connectivity index (χ1) is 6.86. The van der Waals surface area contributed by atoms with Gasteiger partial charge in [-0.05, 0) is 25.7 Å². The van der Waals surface area contributed by atoms with Crippen LogP contribution in [0, 0.1) is 11.3 Å². The van der Waals surface area contributed by atoms with Gasteiger partial charge in [0.15, 0.2) is 0 Å². The van der Waals surface area contributed by atoms with Crippen molar-refractivity contribution in [1.82, 2.24) is 10.2 Å². The van der Waals surface area contributed by atoms with E-state index in [1.54, 1.807) is 0 Å². The van der Waals surface area contributed by atoms with Crippen LogP contribution in [0.2, 0.25) is 0 Å². The summed E-state index contributed by atoms with van der Waals surface area (Å²) in [5.41, 5.74) is 3.79. The van der Waals surface area contributed by atoms with Crippen LogP contribution in [0.1, 0.15) is 49.1 Å². The molecule has 0 bridgehead atoms. The fourth-order valence-electron chi connectivity index (χ4n) is 2.36. The molecule has 0 fully saturated rings. The minimum Gasteiger partial charge on any atom is -0.282 e. The third-order valence-corrected chi connectivity index (χ3v) is 3.02. The minimum atomic E-state index is 0.428. The van der Waals surface area contributed by atoms with Crippen LogP contribution in [0.25, 0.3) is 0 Å². The summed E-state index contributed by atoms with van der Waals surface area (Å²) in [5, 5.41) is 16.2. The minimum absolute atomic E-state index is 0.428. The molecule has 14 heavy (non-hydrogen) atoms. The third-order valence-electron chi connectivity index (χ3n) is 3.02. The second-order valence-electron chi connectivity index (χ2n) is 3.87. The molecule has 1 heterocycles. The molecule has 3 nitrogen and oxygen atoms in total. The van der Waals surface area contributed by atoms with Gasteiger partial charge in [0.2, 0.25) is 0 Å². The van der Waals surface area contributed by atoms with E-state index in [4.69, 9.17) is 5.26 Å². The first-order valence-electron chi connectivity index (χ1n) is 5.29. The Balaban J connectivity index is 2.35. The van der Waals surface area contributed by atoms with Crippen LogP contribution in [0.4, 0.5) is 0 Å². The van der Waals surface area contributed by atoms with Crippen molar-refractivity contribution in [3.05, 3.63) is 17.0 Å². The van der Waals surface area contributed by atoms with E-state index in [0.717, 1.165) is 19.3 Å². The van der Waals surface area contributed by atoms with Gasteiger partial charge in [0.25, 0.3) is 0 Å². The summed E-state index contributed by atoms with van der Waals surface area (Å²) in [5.74, 6) is 0.428. The van der Waals surface area contributed by atoms with Gasteiger partial charge in [-0.15, -0.1) is 0 Å². The van der Waals surface area contributed by atoms with E-state index in [1.807, 2.05) is 0 Å². The van der Waals surface area contributed by atoms with Gasteiger partial charge in [0.05, 0.1) is 11.8 Å². The number of fused-ring (bicyclic) bond motifs is 1. The highest BCUT2D eigenvalue weighted by Gasteiger charge is 2.24. The Kier molecular flexibility index (Phi) is 2.53. The zero-order valence-corrected chi connectivity index (χ0v) is 8.51. The van der Waals surface area contributed by atoms with E-state index in [9.17, 15) is 0 Å². The van der Waals surface area contributed by atoms with Crippen molar-refractivity contribution < 1.29 is 0 Å². The highest BCUT2D eigenvalue weighted by atomic mass is 15.1. The summed E-state index contributed by atoms with van der Waals surface area (Å²) in [4.78, 5) is 0. The fourth-order valence-corrected chi connectivity index (χ4v) is 2.36. The van der Waals surface area contributed by atoms with Crippen molar-refractivity contribution >= 4 is 0 Å². The zero-order chi connectivity index (χ0) is 9.97. The normalized spacial score (nSPS) is 20.1. The summed E-state index contributed by atoms with van der Waals surface area (Å²) >= 11 is 0. The Labute approximate surface area is 84.1 Å². The van der Waals surface area contributed by atoms with Crippen LogP contribution in [0.3, 0.4) is 0 Å². The van der Waals surface area contributed by atoms with Crippen molar-refractivity contribution in [3.63, 3.8) is 0 Å². The molecule has 1 N–H and O–H groups in total. The van der Waals surface area contributed by atoms with Crippen LogP contribution >= 0.6 is 0 Å². The summed E-state index contributed by atoms with van der Waals surface area (Å²) in [6.07, 6.45) is 5.04. The molecule has 1 unspecified atom stereocenters. The third kappa shape index (κ3) is 1.41. The van der Waals surface area contributed by atoms with Crippen molar-refractivity contribution in [3.8, 4) is 6.07 Å². The molecule has 0 aliphatic heterocycles. The smallest absolute Gasteiger partial charge is 0.0657 e. The van der Waals surface area contributed by atoms with Gasteiger partial charge in [0.1, 0.15) is 0 Å². The Hall–Kier alpha value is -1.30. The number of hydrogen-bond donors (Lipinski definition) is 1. The summed E-state index contributed by atoms with van der Waals surface area (Å²) in [6.45, 7) is 2.12. The van der Waals surface area contributed by atoms with E-state index < -0.39 is 0 Å². The molecular weight excluding hydrogens is 174 g/mol. The maximum Gasteiger partial charge on any atom is 0.0657 e. The van der Waals surface area contributed by atoms with E-state index in [2.05, 4.69) is 23.2 Å². The second-order valence-corrected chi connectivity index (χ2v) is 3.87. The molecule has 1 atom stereocenters. The van der Waals surface area contributed by atoms with Gasteiger partial charge >= 0.3 is 0 Å². The van der Waals surface area contributed by atoms with Gasteiger partial charge in [-0.25, -0.2) is 0 Å². The maximum absolute atomic E-state index is 8.76. The maximum atomic E-state index is 8.76. The number of nitrogens with zero attached hydrogens (tertiary/aromatic N) is 2. The lowest BCUT2D eigenvalue weighted by atomic mass is 9.83. The number of rotatable bonds is 2. The van der Waals surface area contributed by atoms with Crippen LogP contribution in [0.15, 0.2) is 0 Å². The van der Waals surface area contributed by atoms with E-state index in [0.29, 0.717) is 12.3 Å². The molecule has 3 heteroatoms. The molecule has 0 saturated heterocycles. The Morgan fingerprint density at radius 3 is 3.21 bits per heavy atom. The molecule has 0 saturated carbocycles. The average molecular weight is 189 g/mol. The lowest BCUT2D eigenvalue weighted by molar-refractivity contribution is 0.554. The first-order valence-corrected chi connectivity index (χ1v) is 5.29. The molecule has 0 aromatic carbocycles. The Morgan fingerprint density at radius 2 is 2.50 bits per heavy atom. The Morgan fingerprint density at radius 1 is 1.64 bits per heavy atom. The largest absolute Gasteiger partial charge is 0.282 e. The van der Waals surface area contributed by atoms with Gasteiger partial charge in [0, 0.05) is 23.6 Å². The quantitative estimate of drug-likeness (QED) is 0.776. The predicted molar refractivity (Wildman–Crippen MR) is 53.9 cm³/mol. The van der Waals surface area contributed by atoms with Crippen molar-refractivity contribution in [2.24, 2.45) is 0 Å². The highest BCUT2D eigenvalue weighted by Crippen LogP contribution is 2.34. The molecule has 1 aromatic heterocycles. The van der Waals surface area contributed by atoms with Gasteiger partial charge in [-0.3, -0.25) is 5.10 Å². The van der Waals surface area contributed by atoms with Gasteiger partial charge in [-0.2, -0.15) is 10.4 Å². The number of aromatic nitrogens is 2. The van der Waals surface area contributed by atoms with E-state index in [1.165, 1.54) is 23.4 Å². The molecule has 2 rings (SSSR count). The SMILES string of the molecule is CCc1n[nH]c2c1C(CC#N)CCC2. The number of nitrogens with one attached hydrogen (secondary N) is 1. The highest BCUT2D eigenvalue weighted by molar-refractivity contribution is 5.32. The fraction of sp³-hybridized carbons (Fsp3) is 0.636. The predicted octanol–water partition coefficient (Wildman–Crippen LogP) is 2.31. The van der Waals surface area contributed by atoms with Crippen molar-refractivity contribution in [1.29, 1.82) is 5.26 Å². The Bertz CT molecular complexity index is 346. The summed E-state index contributed by atoms with van der Waals surface area (Å²) < 4.78 is 0. The van der Waals surface area contributed by atoms with E-state index >= 15 is 0 Å². The summed E-state index contributed by atoms with van der Waals surface area (Å²) in [7, 11) is 0. The van der Waals surface area contributed by atoms with Crippen molar-refractivity contribution in [2.75, 3.05) is 0 Å². The van der Waals surface area contributed by atoms with E-state index in [-0.39, 0.29) is 0 Å². The zero-order valence-electron chi connectivity index (χ0n) is 8.51. The number of H-pyrrole nitrogens is 1. The molecule has 1 aromatic rings. The van der Waals surface area contributed by atoms with Gasteiger partial charge in [-0.1, -0.05) is 6.92 Å². The van der Waals surface area contributed by atoms with Crippen LogP contribution in [0.5, 0.6) is 0 Å². The number of nitriles is 1. The van der Waals surface area contributed by atoms with Gasteiger partial charge < -0.3 is 0 Å².